The molecular weight excluding hydrogens is 159 g/mol. The standard InChI is InChI=1S/C6H8Cl2O/c7-3-6(4-8)1-5(6)2-9/h2,5H,1,3-4H2. The summed E-state index contributed by atoms with van der Waals surface area (Å²) < 4.78 is 0. The molecule has 0 N–H and O–H groups in total. The molecule has 0 spiro atoms. The molecule has 1 rings (SSSR count). The zero-order valence-electron chi connectivity index (χ0n) is 4.94. The third-order valence-electron chi connectivity index (χ3n) is 1.95. The van der Waals surface area contributed by atoms with Crippen molar-refractivity contribution in [1.82, 2.24) is 0 Å². The molecule has 0 amide bonds. The smallest absolute Gasteiger partial charge is 0.123 e. The summed E-state index contributed by atoms with van der Waals surface area (Å²) in [6.07, 6.45) is 1.83. The van der Waals surface area contributed by atoms with Gasteiger partial charge in [-0.25, -0.2) is 0 Å². The van der Waals surface area contributed by atoms with Crippen molar-refractivity contribution < 1.29 is 4.79 Å². The van der Waals surface area contributed by atoms with Gasteiger partial charge in [0.1, 0.15) is 6.29 Å². The molecule has 0 aromatic rings. The Hall–Kier alpha value is 0.250. The van der Waals surface area contributed by atoms with Crippen LogP contribution < -0.4 is 0 Å². The van der Waals surface area contributed by atoms with Crippen LogP contribution in [0.3, 0.4) is 0 Å². The van der Waals surface area contributed by atoms with Gasteiger partial charge < -0.3 is 4.79 Å². The summed E-state index contributed by atoms with van der Waals surface area (Å²) in [5, 5.41) is 0. The van der Waals surface area contributed by atoms with Crippen LogP contribution in [0.25, 0.3) is 0 Å². The summed E-state index contributed by atoms with van der Waals surface area (Å²) in [5.41, 5.74) is -0.0368. The Balaban J connectivity index is 2.46. The molecule has 9 heavy (non-hydrogen) atoms. The van der Waals surface area contributed by atoms with Crippen LogP contribution in [-0.2, 0) is 4.79 Å². The third kappa shape index (κ3) is 1.08. The van der Waals surface area contributed by atoms with E-state index in [4.69, 9.17) is 23.2 Å². The molecule has 1 nitrogen and oxygen atoms in total. The predicted octanol–water partition coefficient (Wildman–Crippen LogP) is 1.67. The summed E-state index contributed by atoms with van der Waals surface area (Å²) in [7, 11) is 0. The summed E-state index contributed by atoms with van der Waals surface area (Å²) in [6.45, 7) is 0. The molecule has 3 heteroatoms. The van der Waals surface area contributed by atoms with Gasteiger partial charge in [0.25, 0.3) is 0 Å². The van der Waals surface area contributed by atoms with Crippen LogP contribution in [0.1, 0.15) is 6.42 Å². The van der Waals surface area contributed by atoms with Crippen LogP contribution in [0.4, 0.5) is 0 Å². The second kappa shape index (κ2) is 2.47. The number of hydrogen-bond donors (Lipinski definition) is 0. The van der Waals surface area contributed by atoms with E-state index in [1.807, 2.05) is 0 Å². The molecule has 1 fully saturated rings. The zero-order chi connectivity index (χ0) is 6.91. The monoisotopic (exact) mass is 166 g/mol. The molecule has 1 aliphatic carbocycles. The maximum Gasteiger partial charge on any atom is 0.123 e. The number of halogens is 2. The Morgan fingerprint density at radius 3 is 2.22 bits per heavy atom. The Morgan fingerprint density at radius 1 is 1.56 bits per heavy atom. The van der Waals surface area contributed by atoms with Gasteiger partial charge in [0.15, 0.2) is 0 Å². The molecule has 1 unspecified atom stereocenters. The summed E-state index contributed by atoms with van der Waals surface area (Å²) >= 11 is 11.2. The molecular formula is C6H8Cl2O. The van der Waals surface area contributed by atoms with E-state index >= 15 is 0 Å². The van der Waals surface area contributed by atoms with Gasteiger partial charge in [-0.3, -0.25) is 0 Å². The minimum absolute atomic E-state index is 0.0368. The molecule has 1 atom stereocenters. The minimum Gasteiger partial charge on any atom is -0.303 e. The van der Waals surface area contributed by atoms with Crippen LogP contribution in [-0.4, -0.2) is 18.0 Å². The van der Waals surface area contributed by atoms with Gasteiger partial charge in [0.2, 0.25) is 0 Å². The molecule has 0 aromatic carbocycles. The maximum atomic E-state index is 10.2. The van der Waals surface area contributed by atoms with Gasteiger partial charge in [0.05, 0.1) is 0 Å². The lowest BCUT2D eigenvalue weighted by molar-refractivity contribution is -0.109. The first-order valence-electron chi connectivity index (χ1n) is 2.86. The molecule has 1 saturated carbocycles. The van der Waals surface area contributed by atoms with Gasteiger partial charge in [-0.2, -0.15) is 0 Å². The number of carbonyl (C=O) groups excluding carboxylic acids is 1. The molecule has 0 aliphatic heterocycles. The molecule has 0 radical (unpaired) electrons. The van der Waals surface area contributed by atoms with Crippen LogP contribution in [0.15, 0.2) is 0 Å². The molecule has 0 saturated heterocycles. The van der Waals surface area contributed by atoms with Crippen molar-refractivity contribution in [2.45, 2.75) is 6.42 Å². The normalized spacial score (nSPS) is 29.8. The highest BCUT2D eigenvalue weighted by Gasteiger charge is 2.52. The van der Waals surface area contributed by atoms with Crippen molar-refractivity contribution >= 4 is 29.5 Å². The molecule has 0 bridgehead atoms. The lowest BCUT2D eigenvalue weighted by Crippen LogP contribution is -2.08. The third-order valence-corrected chi connectivity index (χ3v) is 3.01. The second-order valence-electron chi connectivity index (χ2n) is 2.58. The van der Waals surface area contributed by atoms with Crippen molar-refractivity contribution in [3.05, 3.63) is 0 Å². The van der Waals surface area contributed by atoms with E-state index in [0.29, 0.717) is 11.8 Å². The maximum absolute atomic E-state index is 10.2. The predicted molar refractivity (Wildman–Crippen MR) is 38.0 cm³/mol. The number of rotatable bonds is 3. The zero-order valence-corrected chi connectivity index (χ0v) is 6.45. The van der Waals surface area contributed by atoms with Crippen LogP contribution >= 0.6 is 23.2 Å². The van der Waals surface area contributed by atoms with E-state index in [0.717, 1.165) is 12.7 Å². The van der Waals surface area contributed by atoms with Gasteiger partial charge in [-0.1, -0.05) is 0 Å². The Bertz CT molecular complexity index is 120. The van der Waals surface area contributed by atoms with E-state index in [1.165, 1.54) is 0 Å². The number of alkyl halides is 2. The first-order valence-corrected chi connectivity index (χ1v) is 3.93. The number of hydrogen-bond acceptors (Lipinski definition) is 1. The lowest BCUT2D eigenvalue weighted by atomic mass is 10.1. The first-order chi connectivity index (χ1) is 4.29. The fourth-order valence-electron chi connectivity index (χ4n) is 0.915. The summed E-state index contributed by atoms with van der Waals surface area (Å²) in [4.78, 5) is 10.2. The summed E-state index contributed by atoms with van der Waals surface area (Å²) in [5.74, 6) is 1.16. The van der Waals surface area contributed by atoms with Crippen LogP contribution in [0.5, 0.6) is 0 Å². The van der Waals surface area contributed by atoms with E-state index in [1.54, 1.807) is 0 Å². The lowest BCUT2D eigenvalue weighted by Gasteiger charge is -2.03. The second-order valence-corrected chi connectivity index (χ2v) is 3.11. The van der Waals surface area contributed by atoms with E-state index in [9.17, 15) is 4.79 Å². The van der Waals surface area contributed by atoms with Crippen LogP contribution in [0.2, 0.25) is 0 Å². The SMILES string of the molecule is O=CC1CC1(CCl)CCl. The van der Waals surface area contributed by atoms with Gasteiger partial charge in [0, 0.05) is 23.1 Å². The first kappa shape index (κ1) is 7.36. The molecule has 0 aromatic heterocycles. The average Bonchev–Trinajstić information content (AvgIpc) is 2.63. The van der Waals surface area contributed by atoms with E-state index < -0.39 is 0 Å². The molecule has 52 valence electrons. The molecule has 1 aliphatic rings. The fourth-order valence-corrected chi connectivity index (χ4v) is 1.81. The highest BCUT2D eigenvalue weighted by molar-refractivity contribution is 6.22. The Labute approximate surface area is 64.3 Å². The fraction of sp³-hybridized carbons (Fsp3) is 0.833. The number of aldehydes is 1. The van der Waals surface area contributed by atoms with Gasteiger partial charge >= 0.3 is 0 Å². The van der Waals surface area contributed by atoms with Crippen molar-refractivity contribution in [2.24, 2.45) is 11.3 Å². The van der Waals surface area contributed by atoms with Gasteiger partial charge in [-0.15, -0.1) is 23.2 Å². The van der Waals surface area contributed by atoms with Gasteiger partial charge in [-0.05, 0) is 6.42 Å². The summed E-state index contributed by atoms with van der Waals surface area (Å²) in [6, 6.07) is 0. The van der Waals surface area contributed by atoms with Crippen molar-refractivity contribution in [1.29, 1.82) is 0 Å². The van der Waals surface area contributed by atoms with Crippen molar-refractivity contribution in [3.8, 4) is 0 Å². The quantitative estimate of drug-likeness (QED) is 0.461. The Morgan fingerprint density at radius 2 is 2.11 bits per heavy atom. The van der Waals surface area contributed by atoms with Crippen LogP contribution in [0, 0.1) is 11.3 Å². The highest BCUT2D eigenvalue weighted by Crippen LogP contribution is 2.52. The minimum atomic E-state index is -0.0368. The number of carbonyl (C=O) groups is 1. The topological polar surface area (TPSA) is 17.1 Å². The molecule has 0 heterocycles. The van der Waals surface area contributed by atoms with E-state index in [-0.39, 0.29) is 11.3 Å². The van der Waals surface area contributed by atoms with Crippen molar-refractivity contribution in [3.63, 3.8) is 0 Å². The Kier molecular flexibility index (Phi) is 2.02. The van der Waals surface area contributed by atoms with Crippen molar-refractivity contribution in [2.75, 3.05) is 11.8 Å². The largest absolute Gasteiger partial charge is 0.303 e. The average molecular weight is 167 g/mol. The highest BCUT2D eigenvalue weighted by atomic mass is 35.5. The van der Waals surface area contributed by atoms with E-state index in [2.05, 4.69) is 0 Å².